The molecule has 0 unspecified atom stereocenters. The van der Waals surface area contributed by atoms with Crippen molar-refractivity contribution in [3.63, 3.8) is 0 Å². The first-order valence-corrected chi connectivity index (χ1v) is 7.84. The number of nitrogens with one attached hydrogen (secondary N) is 1. The van der Waals surface area contributed by atoms with Gasteiger partial charge in [-0.15, -0.1) is 0 Å². The van der Waals surface area contributed by atoms with E-state index in [0.717, 1.165) is 12.1 Å². The molecule has 2 rings (SSSR count). The number of nitrogens with zero attached hydrogens (tertiary/aromatic N) is 1. The molecule has 138 valence electrons. The SMILES string of the molecule is CC(C)(C)NC(=O)Oc1ccc(Oc2ccc([N+](=O)[O-])cc2Cl)cc1F. The molecule has 0 aliphatic rings. The second-order valence-corrected chi connectivity index (χ2v) is 6.74. The molecule has 9 heteroatoms. The van der Waals surface area contributed by atoms with Gasteiger partial charge < -0.3 is 14.8 Å². The number of ether oxygens (including phenoxy) is 2. The number of halogens is 2. The summed E-state index contributed by atoms with van der Waals surface area (Å²) in [6, 6.07) is 7.26. The molecule has 0 spiro atoms. The average molecular weight is 383 g/mol. The molecule has 0 saturated heterocycles. The first kappa shape index (κ1) is 19.5. The highest BCUT2D eigenvalue weighted by Gasteiger charge is 2.17. The van der Waals surface area contributed by atoms with E-state index in [4.69, 9.17) is 21.1 Å². The van der Waals surface area contributed by atoms with E-state index in [9.17, 15) is 19.3 Å². The molecular formula is C17H16ClFN2O5. The fourth-order valence-electron chi connectivity index (χ4n) is 1.87. The zero-order valence-corrected chi connectivity index (χ0v) is 15.0. The molecule has 2 aromatic rings. The Morgan fingerprint density at radius 2 is 1.85 bits per heavy atom. The maximum absolute atomic E-state index is 14.1. The summed E-state index contributed by atoms with van der Waals surface area (Å²) in [5, 5.41) is 13.2. The summed E-state index contributed by atoms with van der Waals surface area (Å²) >= 11 is 5.92. The molecule has 0 aromatic heterocycles. The van der Waals surface area contributed by atoms with Gasteiger partial charge in [0, 0.05) is 23.7 Å². The number of carbonyl (C=O) groups is 1. The Hall–Kier alpha value is -2.87. The highest BCUT2D eigenvalue weighted by molar-refractivity contribution is 6.32. The topological polar surface area (TPSA) is 90.7 Å². The lowest BCUT2D eigenvalue weighted by Crippen LogP contribution is -2.42. The van der Waals surface area contributed by atoms with Crippen LogP contribution in [0.5, 0.6) is 17.2 Å². The lowest BCUT2D eigenvalue weighted by Gasteiger charge is -2.20. The van der Waals surface area contributed by atoms with Crippen molar-refractivity contribution in [2.75, 3.05) is 0 Å². The van der Waals surface area contributed by atoms with Gasteiger partial charge in [-0.05, 0) is 39.0 Å². The van der Waals surface area contributed by atoms with Gasteiger partial charge in [0.15, 0.2) is 11.6 Å². The number of nitro benzene ring substituents is 1. The summed E-state index contributed by atoms with van der Waals surface area (Å²) in [7, 11) is 0. The third-order valence-electron chi connectivity index (χ3n) is 2.94. The van der Waals surface area contributed by atoms with Gasteiger partial charge in [-0.2, -0.15) is 0 Å². The van der Waals surface area contributed by atoms with Gasteiger partial charge in [0.05, 0.1) is 9.95 Å². The quantitative estimate of drug-likeness (QED) is 0.589. The molecule has 7 nitrogen and oxygen atoms in total. The first-order chi connectivity index (χ1) is 12.0. The number of non-ortho nitro benzene ring substituents is 1. The van der Waals surface area contributed by atoms with Gasteiger partial charge in [-0.1, -0.05) is 11.6 Å². The Balaban J connectivity index is 2.12. The van der Waals surface area contributed by atoms with Crippen molar-refractivity contribution >= 4 is 23.4 Å². The van der Waals surface area contributed by atoms with Crippen LogP contribution in [0.3, 0.4) is 0 Å². The molecule has 0 fully saturated rings. The maximum atomic E-state index is 14.1. The fourth-order valence-corrected chi connectivity index (χ4v) is 2.09. The summed E-state index contributed by atoms with van der Waals surface area (Å²) < 4.78 is 24.4. The van der Waals surface area contributed by atoms with E-state index in [1.54, 1.807) is 20.8 Å². The monoisotopic (exact) mass is 382 g/mol. The summed E-state index contributed by atoms with van der Waals surface area (Å²) in [5.41, 5.74) is -0.717. The van der Waals surface area contributed by atoms with Gasteiger partial charge in [0.2, 0.25) is 0 Å². The molecule has 2 aromatic carbocycles. The molecule has 0 saturated carbocycles. The van der Waals surface area contributed by atoms with E-state index in [-0.39, 0.29) is 28.0 Å². The van der Waals surface area contributed by atoms with Crippen LogP contribution in [0.1, 0.15) is 20.8 Å². The fraction of sp³-hybridized carbons (Fsp3) is 0.235. The van der Waals surface area contributed by atoms with Crippen LogP contribution in [0.2, 0.25) is 5.02 Å². The van der Waals surface area contributed by atoms with Crippen molar-refractivity contribution < 1.29 is 23.6 Å². The molecule has 1 N–H and O–H groups in total. The molecule has 0 aliphatic carbocycles. The van der Waals surface area contributed by atoms with E-state index < -0.39 is 22.4 Å². The zero-order valence-electron chi connectivity index (χ0n) is 14.2. The first-order valence-electron chi connectivity index (χ1n) is 7.46. The minimum atomic E-state index is -0.815. The van der Waals surface area contributed by atoms with Crippen LogP contribution in [0, 0.1) is 15.9 Å². The lowest BCUT2D eigenvalue weighted by molar-refractivity contribution is -0.384. The Kier molecular flexibility index (Phi) is 5.66. The van der Waals surface area contributed by atoms with Crippen LogP contribution in [0.25, 0.3) is 0 Å². The highest BCUT2D eigenvalue weighted by Crippen LogP contribution is 2.33. The summed E-state index contributed by atoms with van der Waals surface area (Å²) in [6.45, 7) is 5.28. The van der Waals surface area contributed by atoms with E-state index in [1.165, 1.54) is 24.3 Å². The normalized spacial score (nSPS) is 11.0. The number of hydrogen-bond acceptors (Lipinski definition) is 5. The number of benzene rings is 2. The Bertz CT molecular complexity index is 852. The smallest absolute Gasteiger partial charge is 0.413 e. The Morgan fingerprint density at radius 1 is 1.19 bits per heavy atom. The van der Waals surface area contributed by atoms with Crippen LogP contribution < -0.4 is 14.8 Å². The summed E-state index contributed by atoms with van der Waals surface area (Å²) in [6.07, 6.45) is -0.788. The number of hydrogen-bond donors (Lipinski definition) is 1. The number of rotatable bonds is 4. The van der Waals surface area contributed by atoms with Crippen LogP contribution in [-0.2, 0) is 0 Å². The zero-order chi connectivity index (χ0) is 19.5. The highest BCUT2D eigenvalue weighted by atomic mass is 35.5. The van der Waals surface area contributed by atoms with Crippen molar-refractivity contribution in [3.05, 3.63) is 57.4 Å². The molecule has 0 atom stereocenters. The van der Waals surface area contributed by atoms with E-state index in [2.05, 4.69) is 5.32 Å². The van der Waals surface area contributed by atoms with Crippen molar-refractivity contribution in [1.29, 1.82) is 0 Å². The van der Waals surface area contributed by atoms with Gasteiger partial charge in [0.1, 0.15) is 11.5 Å². The van der Waals surface area contributed by atoms with Gasteiger partial charge in [-0.25, -0.2) is 9.18 Å². The van der Waals surface area contributed by atoms with Gasteiger partial charge >= 0.3 is 6.09 Å². The largest absolute Gasteiger partial charge is 0.456 e. The summed E-state index contributed by atoms with van der Waals surface area (Å²) in [4.78, 5) is 21.8. The van der Waals surface area contributed by atoms with Crippen LogP contribution in [0.4, 0.5) is 14.9 Å². The van der Waals surface area contributed by atoms with E-state index >= 15 is 0 Å². The minimum absolute atomic E-state index is 0.00416. The number of amides is 1. The Morgan fingerprint density at radius 3 is 2.38 bits per heavy atom. The molecule has 0 radical (unpaired) electrons. The predicted octanol–water partition coefficient (Wildman–Crippen LogP) is 5.07. The van der Waals surface area contributed by atoms with Crippen molar-refractivity contribution in [3.8, 4) is 17.2 Å². The minimum Gasteiger partial charge on any atom is -0.456 e. The van der Waals surface area contributed by atoms with Gasteiger partial charge in [0.25, 0.3) is 5.69 Å². The van der Waals surface area contributed by atoms with E-state index in [0.29, 0.717) is 0 Å². The number of carbonyl (C=O) groups excluding carboxylic acids is 1. The third kappa shape index (κ3) is 5.32. The van der Waals surface area contributed by atoms with Gasteiger partial charge in [-0.3, -0.25) is 10.1 Å². The Labute approximate surface area is 153 Å². The van der Waals surface area contributed by atoms with Crippen molar-refractivity contribution in [2.45, 2.75) is 26.3 Å². The molecule has 26 heavy (non-hydrogen) atoms. The molecule has 0 heterocycles. The maximum Gasteiger partial charge on any atom is 0.413 e. The van der Waals surface area contributed by atoms with Crippen molar-refractivity contribution in [2.24, 2.45) is 0 Å². The second-order valence-electron chi connectivity index (χ2n) is 6.33. The molecule has 0 bridgehead atoms. The van der Waals surface area contributed by atoms with Crippen LogP contribution >= 0.6 is 11.6 Å². The summed E-state index contributed by atoms with van der Waals surface area (Å²) in [5.74, 6) is -0.879. The van der Waals surface area contributed by atoms with Crippen molar-refractivity contribution in [1.82, 2.24) is 5.32 Å². The predicted molar refractivity (Wildman–Crippen MR) is 93.5 cm³/mol. The van der Waals surface area contributed by atoms with E-state index in [1.807, 2.05) is 0 Å². The average Bonchev–Trinajstić information content (AvgIpc) is 2.50. The standard InChI is InChI=1S/C17H16ClFN2O5/c1-17(2,3)20-16(22)26-15-7-5-11(9-13(15)19)25-14-6-4-10(21(23)24)8-12(14)18/h4-9H,1-3H3,(H,20,22). The van der Waals surface area contributed by atoms with Crippen LogP contribution in [-0.4, -0.2) is 16.6 Å². The lowest BCUT2D eigenvalue weighted by atomic mass is 10.1. The number of nitro groups is 1. The molecular weight excluding hydrogens is 367 g/mol. The molecule has 1 amide bonds. The second kappa shape index (κ2) is 7.57. The molecule has 0 aliphatic heterocycles. The van der Waals surface area contributed by atoms with Crippen LogP contribution in [0.15, 0.2) is 36.4 Å². The third-order valence-corrected chi connectivity index (χ3v) is 3.23.